The third-order valence-corrected chi connectivity index (χ3v) is 4.79. The van der Waals surface area contributed by atoms with E-state index in [9.17, 15) is 9.59 Å². The zero-order valence-corrected chi connectivity index (χ0v) is 16.2. The molecule has 0 unspecified atom stereocenters. The highest BCUT2D eigenvalue weighted by Gasteiger charge is 2.13. The van der Waals surface area contributed by atoms with Crippen LogP contribution in [-0.4, -0.2) is 5.91 Å². The fraction of sp³-hybridized carbons (Fsp3) is 0.238. The number of carbonyl (C=O) groups is 1. The average molecular weight is 385 g/mol. The summed E-state index contributed by atoms with van der Waals surface area (Å²) in [6, 6.07) is 10.2. The molecule has 3 N–H and O–H groups in total. The third-order valence-electron chi connectivity index (χ3n) is 4.56. The van der Waals surface area contributed by atoms with Crippen molar-refractivity contribution in [3.63, 3.8) is 0 Å². The van der Waals surface area contributed by atoms with Gasteiger partial charge in [0, 0.05) is 28.7 Å². The Balaban J connectivity index is 2.05. The Morgan fingerprint density at radius 3 is 2.63 bits per heavy atom. The van der Waals surface area contributed by atoms with Crippen molar-refractivity contribution in [3.8, 4) is 0 Å². The minimum atomic E-state index is -0.552. The van der Waals surface area contributed by atoms with Gasteiger partial charge in [-0.15, -0.1) is 0 Å². The van der Waals surface area contributed by atoms with Crippen LogP contribution in [-0.2, 0) is 6.54 Å². The number of carbonyl (C=O) groups excluding carboxylic acids is 1. The van der Waals surface area contributed by atoms with Crippen LogP contribution in [0.4, 0.5) is 5.69 Å². The fourth-order valence-corrected chi connectivity index (χ4v) is 3.40. The highest BCUT2D eigenvalue weighted by molar-refractivity contribution is 6.31. The van der Waals surface area contributed by atoms with Gasteiger partial charge >= 0.3 is 5.63 Å². The van der Waals surface area contributed by atoms with E-state index in [-0.39, 0.29) is 0 Å². The summed E-state index contributed by atoms with van der Waals surface area (Å²) >= 11 is 6.04. The molecule has 0 spiro atoms. The number of halogens is 1. The lowest BCUT2D eigenvalue weighted by atomic mass is 9.95. The van der Waals surface area contributed by atoms with Gasteiger partial charge in [-0.2, -0.15) is 0 Å². The molecule has 6 heteroatoms. The summed E-state index contributed by atoms with van der Waals surface area (Å²) in [6.07, 6.45) is 0. The van der Waals surface area contributed by atoms with Crippen LogP contribution in [0, 0.1) is 6.92 Å². The van der Waals surface area contributed by atoms with Crippen molar-refractivity contribution in [2.45, 2.75) is 33.2 Å². The second kappa shape index (κ2) is 7.45. The van der Waals surface area contributed by atoms with Gasteiger partial charge < -0.3 is 15.5 Å². The summed E-state index contributed by atoms with van der Waals surface area (Å²) in [6.45, 7) is 6.57. The van der Waals surface area contributed by atoms with Crippen LogP contribution in [0.5, 0.6) is 0 Å². The maximum absolute atomic E-state index is 12.0. The molecule has 0 saturated carbocycles. The number of hydrogen-bond acceptors (Lipinski definition) is 4. The predicted octanol–water partition coefficient (Wildman–Crippen LogP) is 4.59. The van der Waals surface area contributed by atoms with E-state index in [4.69, 9.17) is 21.8 Å². The van der Waals surface area contributed by atoms with Crippen molar-refractivity contribution in [1.82, 2.24) is 0 Å². The maximum Gasteiger partial charge on any atom is 0.336 e. The molecular weight excluding hydrogens is 364 g/mol. The van der Waals surface area contributed by atoms with Gasteiger partial charge in [-0.25, -0.2) is 4.79 Å². The first-order valence-corrected chi connectivity index (χ1v) is 9.04. The molecule has 0 aliphatic rings. The van der Waals surface area contributed by atoms with E-state index >= 15 is 0 Å². The zero-order valence-electron chi connectivity index (χ0n) is 15.4. The average Bonchev–Trinajstić information content (AvgIpc) is 2.58. The molecule has 0 saturated heterocycles. The molecule has 2 aromatic carbocycles. The van der Waals surface area contributed by atoms with Gasteiger partial charge in [0.15, 0.2) is 0 Å². The van der Waals surface area contributed by atoms with Crippen LogP contribution in [0.3, 0.4) is 0 Å². The monoisotopic (exact) mass is 384 g/mol. The molecule has 0 aliphatic carbocycles. The summed E-state index contributed by atoms with van der Waals surface area (Å²) < 4.78 is 5.37. The van der Waals surface area contributed by atoms with E-state index in [1.54, 1.807) is 18.2 Å². The number of nitrogens with two attached hydrogens (primary N) is 1. The van der Waals surface area contributed by atoms with Gasteiger partial charge in [0.1, 0.15) is 5.58 Å². The number of rotatable bonds is 5. The summed E-state index contributed by atoms with van der Waals surface area (Å²) in [5, 5.41) is 4.51. The molecule has 27 heavy (non-hydrogen) atoms. The SMILES string of the molecule is Cc1cc2oc(=O)cc(CNc3cc(Cl)ccc3C(N)=O)c2cc1C(C)C. The lowest BCUT2D eigenvalue weighted by molar-refractivity contribution is 0.100. The topological polar surface area (TPSA) is 85.3 Å². The molecular formula is C21H21ClN2O3. The van der Waals surface area contributed by atoms with Crippen LogP contribution in [0.15, 0.2) is 45.6 Å². The Labute approximate surface area is 162 Å². The molecule has 0 fully saturated rings. The lowest BCUT2D eigenvalue weighted by Gasteiger charge is -2.14. The Kier molecular flexibility index (Phi) is 5.24. The summed E-state index contributed by atoms with van der Waals surface area (Å²) in [5.74, 6) is -0.208. The lowest BCUT2D eigenvalue weighted by Crippen LogP contribution is -2.15. The first-order chi connectivity index (χ1) is 12.8. The van der Waals surface area contributed by atoms with E-state index in [0.29, 0.717) is 34.3 Å². The van der Waals surface area contributed by atoms with E-state index in [1.807, 2.05) is 13.0 Å². The van der Waals surface area contributed by atoms with Gasteiger partial charge in [0.25, 0.3) is 5.91 Å². The first-order valence-electron chi connectivity index (χ1n) is 8.66. The Hall–Kier alpha value is -2.79. The second-order valence-corrected chi connectivity index (χ2v) is 7.29. The number of hydrogen-bond donors (Lipinski definition) is 2. The maximum atomic E-state index is 12.0. The first kappa shape index (κ1) is 19.0. The van der Waals surface area contributed by atoms with Gasteiger partial charge in [0.05, 0.1) is 5.56 Å². The van der Waals surface area contributed by atoms with E-state index < -0.39 is 11.5 Å². The van der Waals surface area contributed by atoms with Crippen molar-refractivity contribution in [2.75, 3.05) is 5.32 Å². The Bertz CT molecular complexity index is 1090. The molecule has 0 atom stereocenters. The van der Waals surface area contributed by atoms with Crippen LogP contribution >= 0.6 is 11.6 Å². The van der Waals surface area contributed by atoms with Crippen LogP contribution in [0.25, 0.3) is 11.0 Å². The highest BCUT2D eigenvalue weighted by atomic mass is 35.5. The molecule has 0 bridgehead atoms. The molecule has 0 radical (unpaired) electrons. The number of aryl methyl sites for hydroxylation is 1. The number of nitrogens with one attached hydrogen (secondary N) is 1. The minimum Gasteiger partial charge on any atom is -0.423 e. The molecule has 5 nitrogen and oxygen atoms in total. The Morgan fingerprint density at radius 2 is 1.96 bits per heavy atom. The van der Waals surface area contributed by atoms with E-state index in [0.717, 1.165) is 16.5 Å². The molecule has 1 heterocycles. The highest BCUT2D eigenvalue weighted by Crippen LogP contribution is 2.28. The van der Waals surface area contributed by atoms with Crippen molar-refractivity contribution in [2.24, 2.45) is 5.73 Å². The second-order valence-electron chi connectivity index (χ2n) is 6.86. The largest absolute Gasteiger partial charge is 0.423 e. The van der Waals surface area contributed by atoms with Crippen molar-refractivity contribution in [3.05, 3.63) is 74.1 Å². The molecule has 3 aromatic rings. The fourth-order valence-electron chi connectivity index (χ4n) is 3.23. The van der Waals surface area contributed by atoms with E-state index in [1.165, 1.54) is 11.6 Å². The third kappa shape index (κ3) is 3.98. The summed E-state index contributed by atoms with van der Waals surface area (Å²) in [5.41, 5.74) is 9.46. The summed E-state index contributed by atoms with van der Waals surface area (Å²) in [7, 11) is 0. The number of primary amides is 1. The van der Waals surface area contributed by atoms with Crippen molar-refractivity contribution < 1.29 is 9.21 Å². The quantitative estimate of drug-likeness (QED) is 0.630. The molecule has 1 amide bonds. The number of anilines is 1. The molecule has 1 aromatic heterocycles. The van der Waals surface area contributed by atoms with Gasteiger partial charge in [-0.3, -0.25) is 4.79 Å². The van der Waals surface area contributed by atoms with Gasteiger partial charge in [-0.05, 0) is 59.9 Å². The zero-order chi connectivity index (χ0) is 19.7. The molecule has 3 rings (SSSR count). The smallest absolute Gasteiger partial charge is 0.336 e. The van der Waals surface area contributed by atoms with Gasteiger partial charge in [-0.1, -0.05) is 25.4 Å². The normalized spacial score (nSPS) is 11.1. The van der Waals surface area contributed by atoms with Crippen molar-refractivity contribution >= 4 is 34.2 Å². The number of benzene rings is 2. The molecule has 0 aliphatic heterocycles. The number of amides is 1. The standard InChI is InChI=1S/C21H21ClN2O3/c1-11(2)16-9-17-13(7-20(25)27-19(17)6-12(16)3)10-24-18-8-14(22)4-5-15(18)21(23)26/h4-9,11,24H,10H2,1-3H3,(H2,23,26). The molecule has 140 valence electrons. The minimum absolute atomic E-state index is 0.323. The van der Waals surface area contributed by atoms with Crippen LogP contribution in [0.1, 0.15) is 46.8 Å². The summed E-state index contributed by atoms with van der Waals surface area (Å²) in [4.78, 5) is 23.6. The van der Waals surface area contributed by atoms with Crippen LogP contribution in [0.2, 0.25) is 5.02 Å². The van der Waals surface area contributed by atoms with Crippen LogP contribution < -0.4 is 16.7 Å². The predicted molar refractivity (Wildman–Crippen MR) is 109 cm³/mol. The van der Waals surface area contributed by atoms with Gasteiger partial charge in [0.2, 0.25) is 0 Å². The Morgan fingerprint density at radius 1 is 1.22 bits per heavy atom. The van der Waals surface area contributed by atoms with Crippen molar-refractivity contribution in [1.29, 1.82) is 0 Å². The number of fused-ring (bicyclic) bond motifs is 1. The van der Waals surface area contributed by atoms with E-state index in [2.05, 4.69) is 25.2 Å².